The van der Waals surface area contributed by atoms with E-state index < -0.39 is 23.5 Å². The van der Waals surface area contributed by atoms with Crippen molar-refractivity contribution in [3.8, 4) is 11.8 Å². The Kier molecular flexibility index (Phi) is 4.13. The van der Waals surface area contributed by atoms with Crippen LogP contribution in [0.4, 0.5) is 0 Å². The van der Waals surface area contributed by atoms with Crippen LogP contribution in [0.1, 0.15) is 31.7 Å². The standard InChI is InChI=1S/C15H16N2O4/c1-10(21-12-6-3-2-5-11(12)9-16)13(18)17-15(14(19)20)7-4-8-15/h2-3,5-6,10H,4,7-8H2,1H3,(H,17,18)(H,19,20). The average Bonchev–Trinajstić information content (AvgIpc) is 2.42. The maximum absolute atomic E-state index is 12.1. The zero-order valence-electron chi connectivity index (χ0n) is 11.6. The van der Waals surface area contributed by atoms with Crippen molar-refractivity contribution < 1.29 is 19.4 Å². The normalized spacial score (nSPS) is 17.0. The highest BCUT2D eigenvalue weighted by Gasteiger charge is 2.46. The summed E-state index contributed by atoms with van der Waals surface area (Å²) in [5.41, 5.74) is -0.836. The molecule has 0 radical (unpaired) electrons. The molecule has 6 heteroatoms. The van der Waals surface area contributed by atoms with Crippen molar-refractivity contribution in [1.29, 1.82) is 5.26 Å². The Morgan fingerprint density at radius 2 is 2.10 bits per heavy atom. The van der Waals surface area contributed by atoms with E-state index >= 15 is 0 Å². The van der Waals surface area contributed by atoms with Gasteiger partial charge in [0, 0.05) is 0 Å². The number of benzene rings is 1. The summed E-state index contributed by atoms with van der Waals surface area (Å²) in [7, 11) is 0. The first kappa shape index (κ1) is 14.9. The molecular formula is C15H16N2O4. The maximum atomic E-state index is 12.1. The van der Waals surface area contributed by atoms with Crippen LogP contribution in [-0.2, 0) is 9.59 Å². The number of amides is 1. The molecule has 0 heterocycles. The minimum Gasteiger partial charge on any atom is -0.480 e. The monoisotopic (exact) mass is 288 g/mol. The quantitative estimate of drug-likeness (QED) is 0.854. The molecule has 1 saturated carbocycles. The second kappa shape index (κ2) is 5.83. The maximum Gasteiger partial charge on any atom is 0.329 e. The van der Waals surface area contributed by atoms with Crippen molar-refractivity contribution in [2.45, 2.75) is 37.8 Å². The molecule has 1 aliphatic rings. The minimum atomic E-state index is -1.16. The minimum absolute atomic E-state index is 0.306. The van der Waals surface area contributed by atoms with Crippen LogP contribution in [0, 0.1) is 11.3 Å². The van der Waals surface area contributed by atoms with Crippen molar-refractivity contribution >= 4 is 11.9 Å². The van der Waals surface area contributed by atoms with Gasteiger partial charge in [0.2, 0.25) is 0 Å². The lowest BCUT2D eigenvalue weighted by Gasteiger charge is -2.38. The van der Waals surface area contributed by atoms with Crippen LogP contribution in [0.25, 0.3) is 0 Å². The summed E-state index contributed by atoms with van der Waals surface area (Å²) >= 11 is 0. The van der Waals surface area contributed by atoms with Gasteiger partial charge in [-0.15, -0.1) is 0 Å². The molecular weight excluding hydrogens is 272 g/mol. The third kappa shape index (κ3) is 2.97. The largest absolute Gasteiger partial charge is 0.480 e. The number of nitrogens with zero attached hydrogens (tertiary/aromatic N) is 1. The second-order valence-corrected chi connectivity index (χ2v) is 5.10. The number of rotatable bonds is 5. The molecule has 1 amide bonds. The molecule has 1 aliphatic carbocycles. The average molecular weight is 288 g/mol. The molecule has 1 aromatic carbocycles. The molecule has 0 aliphatic heterocycles. The number of carbonyl (C=O) groups is 2. The SMILES string of the molecule is CC(Oc1ccccc1C#N)C(=O)NC1(C(=O)O)CCC1. The van der Waals surface area contributed by atoms with E-state index in [2.05, 4.69) is 5.32 Å². The number of carboxylic acid groups (broad SMARTS) is 1. The van der Waals surface area contributed by atoms with Crippen molar-refractivity contribution in [3.05, 3.63) is 29.8 Å². The number of aliphatic carboxylic acids is 1. The van der Waals surface area contributed by atoms with Crippen molar-refractivity contribution in [2.24, 2.45) is 0 Å². The fourth-order valence-corrected chi connectivity index (χ4v) is 2.17. The van der Waals surface area contributed by atoms with Gasteiger partial charge >= 0.3 is 5.97 Å². The lowest BCUT2D eigenvalue weighted by molar-refractivity contribution is -0.152. The number of nitrogens with one attached hydrogen (secondary N) is 1. The smallest absolute Gasteiger partial charge is 0.329 e. The Bertz CT molecular complexity index is 602. The fraction of sp³-hybridized carbons (Fsp3) is 0.400. The van der Waals surface area contributed by atoms with Gasteiger partial charge in [0.25, 0.3) is 5.91 Å². The third-order valence-corrected chi connectivity index (χ3v) is 3.66. The van der Waals surface area contributed by atoms with Gasteiger partial charge in [-0.25, -0.2) is 4.79 Å². The van der Waals surface area contributed by atoms with Crippen LogP contribution in [0.15, 0.2) is 24.3 Å². The molecule has 6 nitrogen and oxygen atoms in total. The molecule has 1 atom stereocenters. The highest BCUT2D eigenvalue weighted by atomic mass is 16.5. The summed E-state index contributed by atoms with van der Waals surface area (Å²) in [4.78, 5) is 23.3. The molecule has 0 saturated heterocycles. The summed E-state index contributed by atoms with van der Waals surface area (Å²) < 4.78 is 5.46. The van der Waals surface area contributed by atoms with Gasteiger partial charge in [-0.3, -0.25) is 4.79 Å². The molecule has 1 unspecified atom stereocenters. The van der Waals surface area contributed by atoms with Gasteiger partial charge in [-0.05, 0) is 38.3 Å². The van der Waals surface area contributed by atoms with Crippen LogP contribution in [0.2, 0.25) is 0 Å². The first-order valence-electron chi connectivity index (χ1n) is 6.70. The third-order valence-electron chi connectivity index (χ3n) is 3.66. The number of para-hydroxylation sites is 1. The summed E-state index contributed by atoms with van der Waals surface area (Å²) in [5.74, 6) is -1.21. The van der Waals surface area contributed by atoms with Crippen LogP contribution in [0.5, 0.6) is 5.75 Å². The van der Waals surface area contributed by atoms with Crippen molar-refractivity contribution in [3.63, 3.8) is 0 Å². The predicted molar refractivity (Wildman–Crippen MR) is 73.6 cm³/mol. The van der Waals surface area contributed by atoms with E-state index in [1.54, 1.807) is 24.3 Å². The first-order valence-corrected chi connectivity index (χ1v) is 6.70. The van der Waals surface area contributed by atoms with Gasteiger partial charge in [0.15, 0.2) is 6.10 Å². The van der Waals surface area contributed by atoms with Gasteiger partial charge < -0.3 is 15.2 Å². The number of hydrogen-bond donors (Lipinski definition) is 2. The molecule has 0 spiro atoms. The topological polar surface area (TPSA) is 99.4 Å². The summed E-state index contributed by atoms with van der Waals surface area (Å²) in [5, 5.41) is 20.7. The number of carbonyl (C=O) groups excluding carboxylic acids is 1. The summed E-state index contributed by atoms with van der Waals surface area (Å²) in [6.45, 7) is 1.53. The van der Waals surface area contributed by atoms with Crippen molar-refractivity contribution in [2.75, 3.05) is 0 Å². The molecule has 2 rings (SSSR count). The number of hydrogen-bond acceptors (Lipinski definition) is 4. The predicted octanol–water partition coefficient (Wildman–Crippen LogP) is 1.45. The van der Waals surface area contributed by atoms with E-state index in [1.807, 2.05) is 6.07 Å². The van der Waals surface area contributed by atoms with Crippen LogP contribution in [0.3, 0.4) is 0 Å². The van der Waals surface area contributed by atoms with Gasteiger partial charge in [0.05, 0.1) is 5.56 Å². The van der Waals surface area contributed by atoms with E-state index in [1.165, 1.54) is 6.92 Å². The van der Waals surface area contributed by atoms with E-state index in [9.17, 15) is 14.7 Å². The molecule has 21 heavy (non-hydrogen) atoms. The lowest BCUT2D eigenvalue weighted by atomic mass is 9.76. The zero-order valence-corrected chi connectivity index (χ0v) is 11.6. The van der Waals surface area contributed by atoms with E-state index in [0.29, 0.717) is 24.2 Å². The number of ether oxygens (including phenoxy) is 1. The summed E-state index contributed by atoms with van der Waals surface area (Å²) in [6.07, 6.45) is 0.751. The van der Waals surface area contributed by atoms with Crippen LogP contribution in [-0.4, -0.2) is 28.6 Å². The van der Waals surface area contributed by atoms with E-state index in [0.717, 1.165) is 6.42 Å². The Hall–Kier alpha value is -2.55. The zero-order chi connectivity index (χ0) is 15.5. The van der Waals surface area contributed by atoms with Crippen LogP contribution >= 0.6 is 0 Å². The molecule has 110 valence electrons. The number of carboxylic acids is 1. The van der Waals surface area contributed by atoms with Gasteiger partial charge in [0.1, 0.15) is 17.4 Å². The van der Waals surface area contributed by atoms with Crippen LogP contribution < -0.4 is 10.1 Å². The summed E-state index contributed by atoms with van der Waals surface area (Å²) in [6, 6.07) is 8.56. The fourth-order valence-electron chi connectivity index (χ4n) is 2.17. The van der Waals surface area contributed by atoms with E-state index in [-0.39, 0.29) is 0 Å². The Labute approximate surface area is 122 Å². The molecule has 2 N–H and O–H groups in total. The number of nitriles is 1. The molecule has 1 aromatic rings. The lowest BCUT2D eigenvalue weighted by Crippen LogP contribution is -2.61. The highest BCUT2D eigenvalue weighted by Crippen LogP contribution is 2.32. The Morgan fingerprint density at radius 3 is 2.62 bits per heavy atom. The highest BCUT2D eigenvalue weighted by molar-refractivity contribution is 5.89. The molecule has 1 fully saturated rings. The molecule has 0 aromatic heterocycles. The van der Waals surface area contributed by atoms with Gasteiger partial charge in [-0.1, -0.05) is 12.1 Å². The molecule has 0 bridgehead atoms. The Morgan fingerprint density at radius 1 is 1.43 bits per heavy atom. The Balaban J connectivity index is 2.03. The van der Waals surface area contributed by atoms with E-state index in [4.69, 9.17) is 10.00 Å². The second-order valence-electron chi connectivity index (χ2n) is 5.10. The first-order chi connectivity index (χ1) is 9.98. The van der Waals surface area contributed by atoms with Crippen molar-refractivity contribution in [1.82, 2.24) is 5.32 Å². The van der Waals surface area contributed by atoms with Gasteiger partial charge in [-0.2, -0.15) is 5.26 Å².